The summed E-state index contributed by atoms with van der Waals surface area (Å²) >= 11 is 0. The fourth-order valence-electron chi connectivity index (χ4n) is 2.39. The largest absolute Gasteiger partial charge is 0.478 e. The molecule has 2 aromatic rings. The minimum Gasteiger partial charge on any atom is -0.478 e. The Morgan fingerprint density at radius 3 is 2.71 bits per heavy atom. The van der Waals surface area contributed by atoms with Crippen LogP contribution in [0.25, 0.3) is 11.6 Å². The lowest BCUT2D eigenvalue weighted by Gasteiger charge is -2.01. The van der Waals surface area contributed by atoms with Gasteiger partial charge >= 0.3 is 5.97 Å². The van der Waals surface area contributed by atoms with Gasteiger partial charge in [0.25, 0.3) is 5.91 Å². The predicted molar refractivity (Wildman–Crippen MR) is 81.1 cm³/mol. The maximum Gasteiger partial charge on any atom is 0.335 e. The molecule has 0 spiro atoms. The molecule has 1 aliphatic heterocycles. The highest BCUT2D eigenvalue weighted by Crippen LogP contribution is 2.33. The van der Waals surface area contributed by atoms with E-state index in [1.807, 2.05) is 31.2 Å². The molecule has 1 heterocycles. The Hall–Kier alpha value is -2.88. The first-order chi connectivity index (χ1) is 10.0. The van der Waals surface area contributed by atoms with E-state index in [0.29, 0.717) is 16.8 Å². The molecule has 1 aliphatic rings. The molecule has 2 aromatic carbocycles. The number of amides is 1. The van der Waals surface area contributed by atoms with Crippen molar-refractivity contribution in [1.29, 1.82) is 0 Å². The lowest BCUT2D eigenvalue weighted by atomic mass is 10.0. The van der Waals surface area contributed by atoms with Crippen LogP contribution in [-0.2, 0) is 4.79 Å². The summed E-state index contributed by atoms with van der Waals surface area (Å²) in [5.74, 6) is -1.22. The maximum absolute atomic E-state index is 12.1. The van der Waals surface area contributed by atoms with E-state index in [2.05, 4.69) is 5.32 Å². The molecule has 3 rings (SSSR count). The summed E-state index contributed by atoms with van der Waals surface area (Å²) in [4.78, 5) is 23.1. The zero-order chi connectivity index (χ0) is 15.0. The molecule has 0 radical (unpaired) electrons. The van der Waals surface area contributed by atoms with Crippen molar-refractivity contribution in [3.63, 3.8) is 0 Å². The first kappa shape index (κ1) is 13.1. The number of anilines is 1. The van der Waals surface area contributed by atoms with E-state index in [4.69, 9.17) is 5.11 Å². The molecule has 0 aromatic heterocycles. The fraction of sp³-hybridized carbons (Fsp3) is 0.0588. The second-order valence-corrected chi connectivity index (χ2v) is 4.99. The lowest BCUT2D eigenvalue weighted by molar-refractivity contribution is -0.110. The minimum atomic E-state index is -1.01. The van der Waals surface area contributed by atoms with E-state index in [1.54, 1.807) is 12.1 Å². The topological polar surface area (TPSA) is 66.4 Å². The third-order valence-corrected chi connectivity index (χ3v) is 3.40. The van der Waals surface area contributed by atoms with Crippen LogP contribution in [0.5, 0.6) is 0 Å². The van der Waals surface area contributed by atoms with Gasteiger partial charge in [-0.1, -0.05) is 29.8 Å². The highest BCUT2D eigenvalue weighted by Gasteiger charge is 2.25. The first-order valence-electron chi connectivity index (χ1n) is 6.52. The Morgan fingerprint density at radius 2 is 2.00 bits per heavy atom. The van der Waals surface area contributed by atoms with Crippen LogP contribution in [0.15, 0.2) is 42.5 Å². The zero-order valence-electron chi connectivity index (χ0n) is 11.4. The Kier molecular flexibility index (Phi) is 3.06. The average Bonchev–Trinajstić information content (AvgIpc) is 2.74. The molecule has 0 aliphatic carbocycles. The molecular formula is C17H13NO3. The molecule has 0 saturated heterocycles. The second-order valence-electron chi connectivity index (χ2n) is 4.99. The third kappa shape index (κ3) is 2.43. The van der Waals surface area contributed by atoms with Gasteiger partial charge in [0, 0.05) is 16.8 Å². The molecule has 2 N–H and O–H groups in total. The Balaban J connectivity index is 2.11. The van der Waals surface area contributed by atoms with Crippen LogP contribution in [0.3, 0.4) is 0 Å². The number of carbonyl (C=O) groups excluding carboxylic acids is 1. The number of aromatic carboxylic acids is 1. The summed E-state index contributed by atoms with van der Waals surface area (Å²) < 4.78 is 0. The van der Waals surface area contributed by atoms with Crippen molar-refractivity contribution >= 4 is 29.2 Å². The van der Waals surface area contributed by atoms with Gasteiger partial charge in [-0.25, -0.2) is 4.79 Å². The zero-order valence-corrected chi connectivity index (χ0v) is 11.4. The monoisotopic (exact) mass is 279 g/mol. The number of hydrogen-bond donors (Lipinski definition) is 2. The number of aryl methyl sites for hydroxylation is 1. The number of fused-ring (bicyclic) bond motifs is 1. The number of hydrogen-bond acceptors (Lipinski definition) is 2. The van der Waals surface area contributed by atoms with Gasteiger partial charge in [-0.3, -0.25) is 4.79 Å². The van der Waals surface area contributed by atoms with Crippen molar-refractivity contribution in [3.05, 3.63) is 64.7 Å². The van der Waals surface area contributed by atoms with E-state index in [0.717, 1.165) is 11.1 Å². The normalized spacial score (nSPS) is 14.9. The van der Waals surface area contributed by atoms with Crippen LogP contribution in [0, 0.1) is 6.92 Å². The number of carboxylic acid groups (broad SMARTS) is 1. The number of benzene rings is 2. The third-order valence-electron chi connectivity index (χ3n) is 3.40. The molecule has 104 valence electrons. The molecular weight excluding hydrogens is 266 g/mol. The van der Waals surface area contributed by atoms with Crippen LogP contribution >= 0.6 is 0 Å². The van der Waals surface area contributed by atoms with Crippen molar-refractivity contribution in [2.75, 3.05) is 5.32 Å². The maximum atomic E-state index is 12.1. The summed E-state index contributed by atoms with van der Waals surface area (Å²) in [5.41, 5.74) is 3.93. The SMILES string of the molecule is Cc1cccc(/C=C2/C(=O)Nc3ccc(C(=O)O)cc32)c1. The number of nitrogens with one attached hydrogen (secondary N) is 1. The molecule has 0 atom stereocenters. The van der Waals surface area contributed by atoms with Crippen molar-refractivity contribution in [2.45, 2.75) is 6.92 Å². The summed E-state index contributed by atoms with van der Waals surface area (Å²) in [6, 6.07) is 12.4. The smallest absolute Gasteiger partial charge is 0.335 e. The Labute approximate surface area is 121 Å². The summed E-state index contributed by atoms with van der Waals surface area (Å²) in [6.07, 6.45) is 1.78. The number of carboxylic acids is 1. The summed E-state index contributed by atoms with van der Waals surface area (Å²) in [7, 11) is 0. The highest BCUT2D eigenvalue weighted by molar-refractivity contribution is 6.35. The van der Waals surface area contributed by atoms with E-state index in [1.165, 1.54) is 12.1 Å². The van der Waals surface area contributed by atoms with Gasteiger partial charge in [-0.05, 0) is 36.8 Å². The highest BCUT2D eigenvalue weighted by atomic mass is 16.4. The van der Waals surface area contributed by atoms with Crippen LogP contribution in [0.1, 0.15) is 27.0 Å². The van der Waals surface area contributed by atoms with Crippen molar-refractivity contribution in [3.8, 4) is 0 Å². The van der Waals surface area contributed by atoms with E-state index in [-0.39, 0.29) is 11.5 Å². The molecule has 4 nitrogen and oxygen atoms in total. The molecule has 1 amide bonds. The average molecular weight is 279 g/mol. The van der Waals surface area contributed by atoms with Crippen molar-refractivity contribution in [2.24, 2.45) is 0 Å². The Morgan fingerprint density at radius 1 is 1.19 bits per heavy atom. The summed E-state index contributed by atoms with van der Waals surface area (Å²) in [5, 5.41) is 11.8. The second kappa shape index (κ2) is 4.90. The van der Waals surface area contributed by atoms with Gasteiger partial charge in [-0.2, -0.15) is 0 Å². The van der Waals surface area contributed by atoms with Gasteiger partial charge in [-0.15, -0.1) is 0 Å². The standard InChI is InChI=1S/C17H13NO3/c1-10-3-2-4-11(7-10)8-14-13-9-12(17(20)21)5-6-15(13)18-16(14)19/h2-9H,1H3,(H,18,19)(H,20,21)/b14-8+. The fourth-order valence-corrected chi connectivity index (χ4v) is 2.39. The van der Waals surface area contributed by atoms with Crippen LogP contribution < -0.4 is 5.32 Å². The van der Waals surface area contributed by atoms with Crippen LogP contribution in [0.2, 0.25) is 0 Å². The predicted octanol–water partition coefficient (Wildman–Crippen LogP) is 3.19. The van der Waals surface area contributed by atoms with Crippen LogP contribution in [0.4, 0.5) is 5.69 Å². The molecule has 0 unspecified atom stereocenters. The van der Waals surface area contributed by atoms with E-state index in [9.17, 15) is 9.59 Å². The number of rotatable bonds is 2. The minimum absolute atomic E-state index is 0.167. The molecule has 0 bridgehead atoms. The summed E-state index contributed by atoms with van der Waals surface area (Å²) in [6.45, 7) is 1.98. The molecule has 0 fully saturated rings. The van der Waals surface area contributed by atoms with Gasteiger partial charge < -0.3 is 10.4 Å². The van der Waals surface area contributed by atoms with Crippen LogP contribution in [-0.4, -0.2) is 17.0 Å². The number of carbonyl (C=O) groups is 2. The quantitative estimate of drug-likeness (QED) is 0.830. The Bertz CT molecular complexity index is 790. The van der Waals surface area contributed by atoms with Crippen molar-refractivity contribution < 1.29 is 14.7 Å². The molecule has 0 saturated carbocycles. The van der Waals surface area contributed by atoms with Gasteiger partial charge in [0.15, 0.2) is 0 Å². The van der Waals surface area contributed by atoms with E-state index < -0.39 is 5.97 Å². The first-order valence-corrected chi connectivity index (χ1v) is 6.52. The van der Waals surface area contributed by atoms with E-state index >= 15 is 0 Å². The molecule has 4 heteroatoms. The van der Waals surface area contributed by atoms with Crippen molar-refractivity contribution in [1.82, 2.24) is 0 Å². The van der Waals surface area contributed by atoms with Gasteiger partial charge in [0.05, 0.1) is 5.56 Å². The van der Waals surface area contributed by atoms with Gasteiger partial charge in [0.1, 0.15) is 0 Å². The van der Waals surface area contributed by atoms with Gasteiger partial charge in [0.2, 0.25) is 0 Å². The molecule has 21 heavy (non-hydrogen) atoms. The lowest BCUT2D eigenvalue weighted by Crippen LogP contribution is -2.03.